The maximum atomic E-state index is 11.6. The molecule has 0 N–H and O–H groups in total. The van der Waals surface area contributed by atoms with Gasteiger partial charge in [-0.2, -0.15) is 0 Å². The molecule has 0 bridgehead atoms. The topological polar surface area (TPSA) is 81.9 Å². The standard InChI is InChI=1S/C17H24N2O5/c1-11(2)24-16-10-14(12(3)9-15(16)19(21)22)13-5-7-18(8-6-13)17(20)23-4/h9-11,13H,5-8H2,1-4H3. The van der Waals surface area contributed by atoms with E-state index in [9.17, 15) is 14.9 Å². The van der Waals surface area contributed by atoms with Gasteiger partial charge in [0.2, 0.25) is 0 Å². The largest absolute Gasteiger partial charge is 0.484 e. The highest BCUT2D eigenvalue weighted by atomic mass is 16.6. The Labute approximate surface area is 141 Å². The number of ether oxygens (including phenoxy) is 2. The van der Waals surface area contributed by atoms with E-state index < -0.39 is 4.92 Å². The number of carbonyl (C=O) groups is 1. The smallest absolute Gasteiger partial charge is 0.409 e. The number of methoxy groups -OCH3 is 1. The van der Waals surface area contributed by atoms with Crippen LogP contribution in [-0.4, -0.2) is 42.2 Å². The minimum absolute atomic E-state index is 0.00283. The van der Waals surface area contributed by atoms with Gasteiger partial charge in [-0.25, -0.2) is 4.79 Å². The van der Waals surface area contributed by atoms with Gasteiger partial charge in [0.15, 0.2) is 5.75 Å². The fraction of sp³-hybridized carbons (Fsp3) is 0.588. The fourth-order valence-corrected chi connectivity index (χ4v) is 3.12. The first-order chi connectivity index (χ1) is 11.3. The molecule has 132 valence electrons. The average molecular weight is 336 g/mol. The van der Waals surface area contributed by atoms with Crippen LogP contribution in [0.15, 0.2) is 12.1 Å². The molecule has 7 nitrogen and oxygen atoms in total. The molecule has 0 saturated carbocycles. The van der Waals surface area contributed by atoms with Crippen molar-refractivity contribution in [3.63, 3.8) is 0 Å². The first-order valence-corrected chi connectivity index (χ1v) is 8.12. The second-order valence-electron chi connectivity index (χ2n) is 6.33. The molecule has 0 atom stereocenters. The van der Waals surface area contributed by atoms with E-state index in [4.69, 9.17) is 9.47 Å². The molecule has 1 heterocycles. The van der Waals surface area contributed by atoms with Gasteiger partial charge in [-0.1, -0.05) is 0 Å². The predicted octanol–water partition coefficient (Wildman–Crippen LogP) is 3.64. The highest BCUT2D eigenvalue weighted by molar-refractivity contribution is 5.67. The fourth-order valence-electron chi connectivity index (χ4n) is 3.12. The van der Waals surface area contributed by atoms with E-state index in [1.165, 1.54) is 7.11 Å². The molecule has 0 unspecified atom stereocenters. The van der Waals surface area contributed by atoms with Crippen LogP contribution >= 0.6 is 0 Å². The van der Waals surface area contributed by atoms with E-state index in [2.05, 4.69) is 0 Å². The van der Waals surface area contributed by atoms with Crippen molar-refractivity contribution in [2.24, 2.45) is 0 Å². The van der Waals surface area contributed by atoms with Crippen LogP contribution in [0.3, 0.4) is 0 Å². The van der Waals surface area contributed by atoms with Gasteiger partial charge in [0.25, 0.3) is 0 Å². The molecule has 0 radical (unpaired) electrons. The summed E-state index contributed by atoms with van der Waals surface area (Å²) in [5.74, 6) is 0.562. The number of likely N-dealkylation sites (tertiary alicyclic amines) is 1. The lowest BCUT2D eigenvalue weighted by Crippen LogP contribution is -2.37. The zero-order valence-corrected chi connectivity index (χ0v) is 14.6. The third-order valence-electron chi connectivity index (χ3n) is 4.27. The zero-order chi connectivity index (χ0) is 17.9. The van der Waals surface area contributed by atoms with Gasteiger partial charge in [-0.3, -0.25) is 10.1 Å². The lowest BCUT2D eigenvalue weighted by Gasteiger charge is -2.32. The number of hydrogen-bond acceptors (Lipinski definition) is 5. The van der Waals surface area contributed by atoms with Gasteiger partial charge in [0, 0.05) is 19.2 Å². The van der Waals surface area contributed by atoms with Gasteiger partial charge in [0.05, 0.1) is 18.1 Å². The number of piperidine rings is 1. The first kappa shape index (κ1) is 18.0. The van der Waals surface area contributed by atoms with E-state index >= 15 is 0 Å². The van der Waals surface area contributed by atoms with Crippen LogP contribution in [0.4, 0.5) is 10.5 Å². The molecular formula is C17H24N2O5. The Kier molecular flexibility index (Phi) is 5.64. The lowest BCUT2D eigenvalue weighted by molar-refractivity contribution is -0.386. The van der Waals surface area contributed by atoms with Crippen LogP contribution in [0, 0.1) is 17.0 Å². The van der Waals surface area contributed by atoms with Gasteiger partial charge in [-0.15, -0.1) is 0 Å². The molecule has 1 fully saturated rings. The molecule has 1 aromatic carbocycles. The Balaban J connectivity index is 2.24. The summed E-state index contributed by atoms with van der Waals surface area (Å²) in [6, 6.07) is 3.38. The van der Waals surface area contributed by atoms with Crippen molar-refractivity contribution >= 4 is 11.8 Å². The number of amides is 1. The highest BCUT2D eigenvalue weighted by Gasteiger charge is 2.27. The number of hydrogen-bond donors (Lipinski definition) is 0. The van der Waals surface area contributed by atoms with Crippen molar-refractivity contribution < 1.29 is 19.2 Å². The number of aryl methyl sites for hydroxylation is 1. The minimum atomic E-state index is -0.408. The second-order valence-corrected chi connectivity index (χ2v) is 6.33. The molecule has 1 aromatic rings. The first-order valence-electron chi connectivity index (χ1n) is 8.12. The van der Waals surface area contributed by atoms with E-state index in [1.54, 1.807) is 17.0 Å². The number of carbonyl (C=O) groups excluding carboxylic acids is 1. The van der Waals surface area contributed by atoms with Crippen LogP contribution in [0.25, 0.3) is 0 Å². The van der Waals surface area contributed by atoms with Crippen LogP contribution < -0.4 is 4.74 Å². The van der Waals surface area contributed by atoms with E-state index in [0.29, 0.717) is 18.8 Å². The SMILES string of the molecule is COC(=O)N1CCC(c2cc(OC(C)C)c([N+](=O)[O-])cc2C)CC1. The lowest BCUT2D eigenvalue weighted by atomic mass is 9.86. The zero-order valence-electron chi connectivity index (χ0n) is 14.6. The van der Waals surface area contributed by atoms with Crippen molar-refractivity contribution in [2.75, 3.05) is 20.2 Å². The number of rotatable bonds is 4. The van der Waals surface area contributed by atoms with Crippen molar-refractivity contribution in [2.45, 2.75) is 45.6 Å². The Morgan fingerprint density at radius 2 is 1.96 bits per heavy atom. The molecule has 2 rings (SSSR count). The highest BCUT2D eigenvalue weighted by Crippen LogP contribution is 2.37. The van der Waals surface area contributed by atoms with Crippen molar-refractivity contribution in [1.29, 1.82) is 0 Å². The van der Waals surface area contributed by atoms with E-state index in [-0.39, 0.29) is 23.8 Å². The predicted molar refractivity (Wildman–Crippen MR) is 89.6 cm³/mol. The molecule has 24 heavy (non-hydrogen) atoms. The maximum Gasteiger partial charge on any atom is 0.409 e. The second kappa shape index (κ2) is 7.51. The summed E-state index contributed by atoms with van der Waals surface area (Å²) >= 11 is 0. The maximum absolute atomic E-state index is 11.6. The summed E-state index contributed by atoms with van der Waals surface area (Å²) in [5, 5.41) is 11.3. The van der Waals surface area contributed by atoms with Crippen molar-refractivity contribution in [1.82, 2.24) is 4.90 Å². The van der Waals surface area contributed by atoms with Crippen LogP contribution in [0.5, 0.6) is 5.75 Å². The quantitative estimate of drug-likeness (QED) is 0.619. The molecule has 1 amide bonds. The number of benzene rings is 1. The van der Waals surface area contributed by atoms with Crippen molar-refractivity contribution in [3.8, 4) is 5.75 Å². The Morgan fingerprint density at radius 1 is 1.33 bits per heavy atom. The number of nitro benzene ring substituents is 1. The Bertz CT molecular complexity index is 622. The summed E-state index contributed by atoms with van der Waals surface area (Å²) < 4.78 is 10.4. The molecule has 1 saturated heterocycles. The molecule has 0 aliphatic carbocycles. The molecular weight excluding hydrogens is 312 g/mol. The van der Waals surface area contributed by atoms with Crippen molar-refractivity contribution in [3.05, 3.63) is 33.4 Å². The van der Waals surface area contributed by atoms with Gasteiger partial charge >= 0.3 is 11.8 Å². The molecule has 0 aromatic heterocycles. The Morgan fingerprint density at radius 3 is 2.46 bits per heavy atom. The Hall–Kier alpha value is -2.31. The molecule has 0 spiro atoms. The van der Waals surface area contributed by atoms with Crippen LogP contribution in [-0.2, 0) is 4.74 Å². The summed E-state index contributed by atoms with van der Waals surface area (Å²) in [6.45, 7) is 6.81. The third kappa shape index (κ3) is 3.96. The average Bonchev–Trinajstić information content (AvgIpc) is 2.55. The normalized spacial score (nSPS) is 15.5. The van der Waals surface area contributed by atoms with Crippen LogP contribution in [0.2, 0.25) is 0 Å². The molecule has 1 aliphatic rings. The monoisotopic (exact) mass is 336 g/mol. The summed E-state index contributed by atoms with van der Waals surface area (Å²) in [6.07, 6.45) is 1.15. The van der Waals surface area contributed by atoms with E-state index in [1.807, 2.05) is 20.8 Å². The van der Waals surface area contributed by atoms with Gasteiger partial charge < -0.3 is 14.4 Å². The summed E-state index contributed by atoms with van der Waals surface area (Å²) in [7, 11) is 1.38. The number of nitrogens with zero attached hydrogens (tertiary/aromatic N) is 2. The molecule has 1 aliphatic heterocycles. The van der Waals surface area contributed by atoms with Crippen LogP contribution in [0.1, 0.15) is 43.7 Å². The number of nitro groups is 1. The van der Waals surface area contributed by atoms with Gasteiger partial charge in [0.1, 0.15) is 0 Å². The van der Waals surface area contributed by atoms with Gasteiger partial charge in [-0.05, 0) is 56.7 Å². The third-order valence-corrected chi connectivity index (χ3v) is 4.27. The van der Waals surface area contributed by atoms with E-state index in [0.717, 1.165) is 24.0 Å². The summed E-state index contributed by atoms with van der Waals surface area (Å²) in [5.41, 5.74) is 1.94. The summed E-state index contributed by atoms with van der Waals surface area (Å²) in [4.78, 5) is 24.1. The minimum Gasteiger partial charge on any atom is -0.484 e. The molecule has 7 heteroatoms.